The zero-order chi connectivity index (χ0) is 19.4. The number of nitrogens with zero attached hydrogens (tertiary/aromatic N) is 1. The zero-order valence-electron chi connectivity index (χ0n) is 15.5. The Labute approximate surface area is 158 Å². The largest absolute Gasteiger partial charge is 0.497 e. The first-order chi connectivity index (χ1) is 13.0. The molecule has 5 nitrogen and oxygen atoms in total. The quantitative estimate of drug-likeness (QED) is 0.833. The highest BCUT2D eigenvalue weighted by Crippen LogP contribution is 2.39. The number of hydrogen-bond acceptors (Lipinski definition) is 4. The van der Waals surface area contributed by atoms with E-state index in [1.165, 1.54) is 12.1 Å². The highest BCUT2D eigenvalue weighted by molar-refractivity contribution is 5.73. The van der Waals surface area contributed by atoms with E-state index in [-0.39, 0.29) is 11.9 Å². The van der Waals surface area contributed by atoms with Gasteiger partial charge in [-0.3, -0.25) is 9.69 Å². The van der Waals surface area contributed by atoms with E-state index in [4.69, 9.17) is 9.47 Å². The van der Waals surface area contributed by atoms with Crippen molar-refractivity contribution >= 4 is 5.97 Å². The van der Waals surface area contributed by atoms with Crippen molar-refractivity contribution in [2.45, 2.75) is 31.3 Å². The maximum absolute atomic E-state index is 13.5. The topological polar surface area (TPSA) is 59.0 Å². The monoisotopic (exact) mass is 373 g/mol. The molecule has 27 heavy (non-hydrogen) atoms. The molecule has 0 spiro atoms. The van der Waals surface area contributed by atoms with Crippen LogP contribution in [0.5, 0.6) is 11.5 Å². The fourth-order valence-corrected chi connectivity index (χ4v) is 3.77. The number of piperidine rings is 1. The molecule has 1 heterocycles. The van der Waals surface area contributed by atoms with Gasteiger partial charge in [0.05, 0.1) is 20.3 Å². The van der Waals surface area contributed by atoms with E-state index in [1.54, 1.807) is 32.4 Å². The van der Waals surface area contributed by atoms with Crippen LogP contribution < -0.4 is 9.47 Å². The summed E-state index contributed by atoms with van der Waals surface area (Å²) in [7, 11) is 3.15. The highest BCUT2D eigenvalue weighted by Gasteiger charge is 2.36. The molecule has 2 unspecified atom stereocenters. The first-order valence-electron chi connectivity index (χ1n) is 9.01. The SMILES string of the molecule is COc1ccc(C(c2ccc(F)cc2)N2CCCCC2C(=O)O)c(OC)c1. The van der Waals surface area contributed by atoms with Crippen LogP contribution in [-0.4, -0.2) is 42.8 Å². The minimum absolute atomic E-state index is 0.326. The van der Waals surface area contributed by atoms with Crippen molar-refractivity contribution in [3.05, 3.63) is 59.4 Å². The molecule has 1 saturated heterocycles. The lowest BCUT2D eigenvalue weighted by atomic mass is 9.91. The van der Waals surface area contributed by atoms with E-state index >= 15 is 0 Å². The predicted octanol–water partition coefficient (Wildman–Crippen LogP) is 3.87. The van der Waals surface area contributed by atoms with Crippen LogP contribution in [0.1, 0.15) is 36.4 Å². The van der Waals surface area contributed by atoms with Crippen molar-refractivity contribution in [2.24, 2.45) is 0 Å². The molecule has 2 atom stereocenters. The van der Waals surface area contributed by atoms with Gasteiger partial charge >= 0.3 is 5.97 Å². The summed E-state index contributed by atoms with van der Waals surface area (Å²) in [4.78, 5) is 13.9. The number of ether oxygens (including phenoxy) is 2. The van der Waals surface area contributed by atoms with E-state index < -0.39 is 12.0 Å². The molecule has 0 saturated carbocycles. The third kappa shape index (κ3) is 4.06. The van der Waals surface area contributed by atoms with Crippen LogP contribution in [0.15, 0.2) is 42.5 Å². The van der Waals surface area contributed by atoms with Crippen molar-refractivity contribution in [3.63, 3.8) is 0 Å². The van der Waals surface area contributed by atoms with Crippen molar-refractivity contribution in [3.8, 4) is 11.5 Å². The molecule has 0 amide bonds. The number of hydrogen-bond donors (Lipinski definition) is 1. The van der Waals surface area contributed by atoms with Crippen LogP contribution in [0.3, 0.4) is 0 Å². The van der Waals surface area contributed by atoms with Gasteiger partial charge in [0.15, 0.2) is 0 Å². The summed E-state index contributed by atoms with van der Waals surface area (Å²) >= 11 is 0. The average molecular weight is 373 g/mol. The zero-order valence-corrected chi connectivity index (χ0v) is 15.5. The Balaban J connectivity index is 2.13. The number of methoxy groups -OCH3 is 2. The lowest BCUT2D eigenvalue weighted by Gasteiger charge is -2.40. The molecule has 6 heteroatoms. The Morgan fingerprint density at radius 3 is 2.52 bits per heavy atom. The summed E-state index contributed by atoms with van der Waals surface area (Å²) in [6, 6.07) is 10.8. The fourth-order valence-electron chi connectivity index (χ4n) is 3.77. The van der Waals surface area contributed by atoms with Gasteiger partial charge in [-0.15, -0.1) is 0 Å². The Bertz CT molecular complexity index is 793. The average Bonchev–Trinajstić information content (AvgIpc) is 2.70. The van der Waals surface area contributed by atoms with Gasteiger partial charge in [0.25, 0.3) is 0 Å². The molecular formula is C21H24FNO4. The lowest BCUT2D eigenvalue weighted by molar-refractivity contribution is -0.145. The first-order valence-corrected chi connectivity index (χ1v) is 9.01. The van der Waals surface area contributed by atoms with Crippen LogP contribution in [0.4, 0.5) is 4.39 Å². The summed E-state index contributed by atoms with van der Waals surface area (Å²) in [5.74, 6) is 0.0992. The number of carboxylic acids is 1. The molecule has 1 fully saturated rings. The van der Waals surface area contributed by atoms with Gasteiger partial charge in [0, 0.05) is 11.6 Å². The minimum Gasteiger partial charge on any atom is -0.497 e. The molecule has 0 radical (unpaired) electrons. The summed E-state index contributed by atoms with van der Waals surface area (Å²) in [5.41, 5.74) is 1.66. The molecule has 0 aromatic heterocycles. The normalized spacial score (nSPS) is 18.7. The van der Waals surface area contributed by atoms with Gasteiger partial charge < -0.3 is 14.6 Å². The van der Waals surface area contributed by atoms with Crippen LogP contribution in [0.25, 0.3) is 0 Å². The number of rotatable bonds is 6. The molecule has 2 aromatic rings. The van der Waals surface area contributed by atoms with Crippen molar-refractivity contribution in [1.82, 2.24) is 4.90 Å². The smallest absolute Gasteiger partial charge is 0.320 e. The molecular weight excluding hydrogens is 349 g/mol. The van der Waals surface area contributed by atoms with E-state index in [9.17, 15) is 14.3 Å². The number of benzene rings is 2. The Kier molecular flexibility index (Phi) is 5.96. The number of halogens is 1. The van der Waals surface area contributed by atoms with Crippen LogP contribution >= 0.6 is 0 Å². The fraction of sp³-hybridized carbons (Fsp3) is 0.381. The molecule has 1 aliphatic rings. The minimum atomic E-state index is -0.839. The first kappa shape index (κ1) is 19.2. The Hall–Kier alpha value is -2.60. The van der Waals surface area contributed by atoms with Gasteiger partial charge in [-0.05, 0) is 49.2 Å². The summed E-state index contributed by atoms with van der Waals surface area (Å²) in [6.07, 6.45) is 2.38. The second-order valence-electron chi connectivity index (χ2n) is 6.65. The Morgan fingerprint density at radius 2 is 1.89 bits per heavy atom. The molecule has 0 bridgehead atoms. The predicted molar refractivity (Wildman–Crippen MR) is 99.8 cm³/mol. The van der Waals surface area contributed by atoms with Crippen molar-refractivity contribution in [2.75, 3.05) is 20.8 Å². The third-order valence-electron chi connectivity index (χ3n) is 5.08. The van der Waals surface area contributed by atoms with Gasteiger partial charge in [-0.25, -0.2) is 4.39 Å². The summed E-state index contributed by atoms with van der Waals surface area (Å²) in [5, 5.41) is 9.75. The highest BCUT2D eigenvalue weighted by atomic mass is 19.1. The Morgan fingerprint density at radius 1 is 1.15 bits per heavy atom. The standard InChI is InChI=1S/C21H24FNO4/c1-26-16-10-11-17(19(13-16)27-2)20(14-6-8-15(22)9-7-14)23-12-4-3-5-18(23)21(24)25/h6-11,13,18,20H,3-5,12H2,1-2H3,(H,24,25). The van der Waals surface area contributed by atoms with Gasteiger partial charge in [0.2, 0.25) is 0 Å². The van der Waals surface area contributed by atoms with E-state index in [2.05, 4.69) is 0 Å². The number of carboxylic acid groups (broad SMARTS) is 1. The molecule has 3 rings (SSSR count). The van der Waals surface area contributed by atoms with Crippen molar-refractivity contribution in [1.29, 1.82) is 0 Å². The van der Waals surface area contributed by atoms with E-state index in [0.29, 0.717) is 24.5 Å². The second kappa shape index (κ2) is 8.39. The maximum Gasteiger partial charge on any atom is 0.320 e. The van der Waals surface area contributed by atoms with Gasteiger partial charge in [-0.1, -0.05) is 18.6 Å². The third-order valence-corrected chi connectivity index (χ3v) is 5.08. The van der Waals surface area contributed by atoms with Crippen molar-refractivity contribution < 1.29 is 23.8 Å². The maximum atomic E-state index is 13.5. The molecule has 1 N–H and O–H groups in total. The van der Waals surface area contributed by atoms with E-state index in [1.807, 2.05) is 17.0 Å². The van der Waals surface area contributed by atoms with Crippen LogP contribution in [-0.2, 0) is 4.79 Å². The van der Waals surface area contributed by atoms with Crippen LogP contribution in [0.2, 0.25) is 0 Å². The summed E-state index contributed by atoms with van der Waals surface area (Å²) in [6.45, 7) is 0.647. The molecule has 2 aromatic carbocycles. The summed E-state index contributed by atoms with van der Waals surface area (Å²) < 4.78 is 24.3. The molecule has 1 aliphatic heterocycles. The number of likely N-dealkylation sites (tertiary alicyclic amines) is 1. The molecule has 144 valence electrons. The lowest BCUT2D eigenvalue weighted by Crippen LogP contribution is -2.46. The van der Waals surface area contributed by atoms with Gasteiger partial charge in [-0.2, -0.15) is 0 Å². The number of carbonyl (C=O) groups is 1. The van der Waals surface area contributed by atoms with E-state index in [0.717, 1.165) is 24.0 Å². The van der Waals surface area contributed by atoms with Gasteiger partial charge in [0.1, 0.15) is 23.4 Å². The number of aliphatic carboxylic acids is 1. The van der Waals surface area contributed by atoms with Crippen LogP contribution in [0, 0.1) is 5.82 Å². The molecule has 0 aliphatic carbocycles. The second-order valence-corrected chi connectivity index (χ2v) is 6.65.